The Labute approximate surface area is 355 Å². The van der Waals surface area contributed by atoms with Crippen molar-refractivity contribution in [3.05, 3.63) is 222 Å². The Hall–Kier alpha value is -7.28. The summed E-state index contributed by atoms with van der Waals surface area (Å²) in [6.07, 6.45) is 3.59. The van der Waals surface area contributed by atoms with Crippen molar-refractivity contribution in [2.75, 3.05) is 0 Å². The van der Waals surface area contributed by atoms with Crippen LogP contribution >= 0.6 is 0 Å². The summed E-state index contributed by atoms with van der Waals surface area (Å²) in [6.45, 7) is 4.40. The van der Waals surface area contributed by atoms with E-state index in [-0.39, 0.29) is 0 Å². The number of hydrogen-bond acceptors (Lipinski definition) is 5. The lowest BCUT2D eigenvalue weighted by molar-refractivity contribution is 0.577. The van der Waals surface area contributed by atoms with E-state index in [2.05, 4.69) is 116 Å². The van der Waals surface area contributed by atoms with Crippen molar-refractivity contribution in [3.63, 3.8) is 0 Å². The van der Waals surface area contributed by atoms with E-state index in [0.29, 0.717) is 15.6 Å². The van der Waals surface area contributed by atoms with Gasteiger partial charge >= 0.3 is 0 Å². The predicted molar refractivity (Wildman–Crippen MR) is 242 cm³/mol. The zero-order valence-corrected chi connectivity index (χ0v) is 34.3. The zero-order valence-electron chi connectivity index (χ0n) is 33.5. The average molecular weight is 804 g/mol. The zero-order chi connectivity index (χ0) is 41.1. The van der Waals surface area contributed by atoms with E-state index in [9.17, 15) is 0 Å². The molecule has 1 spiro atoms. The van der Waals surface area contributed by atoms with Crippen LogP contribution in [0.5, 0.6) is 0 Å². The van der Waals surface area contributed by atoms with Gasteiger partial charge in [-0.05, 0) is 109 Å². The molecule has 6 heteroatoms. The van der Waals surface area contributed by atoms with Crippen LogP contribution in [0.25, 0.3) is 67.3 Å². The van der Waals surface area contributed by atoms with Crippen LogP contribution in [0.4, 0.5) is 0 Å². The minimum absolute atomic E-state index is 0.320. The molecule has 7 aromatic carbocycles. The second-order valence-electron chi connectivity index (χ2n) is 16.7. The fourth-order valence-electron chi connectivity index (χ4n) is 10.5. The third kappa shape index (κ3) is 4.94. The molecule has 5 nitrogen and oxygen atoms in total. The molecule has 290 valence electrons. The van der Waals surface area contributed by atoms with E-state index in [4.69, 9.17) is 9.97 Å². The fourth-order valence-corrected chi connectivity index (χ4v) is 12.2. The summed E-state index contributed by atoms with van der Waals surface area (Å²) in [5.74, 6) is 0.605. The second kappa shape index (κ2) is 12.9. The predicted octanol–water partition coefficient (Wildman–Crippen LogP) is 12.4. The number of benzene rings is 7. The first kappa shape index (κ1) is 35.6. The van der Waals surface area contributed by atoms with Gasteiger partial charge in [0.05, 0.1) is 26.6 Å². The Kier molecular flexibility index (Phi) is 7.51. The Morgan fingerprint density at radius 3 is 1.72 bits per heavy atom. The molecule has 0 N–H and O–H groups in total. The Balaban J connectivity index is 1.24. The lowest BCUT2D eigenvalue weighted by atomic mass is 9.62. The van der Waals surface area contributed by atoms with Gasteiger partial charge in [0.15, 0.2) is 5.82 Å². The molecule has 0 fully saturated rings. The summed E-state index contributed by atoms with van der Waals surface area (Å²) in [4.78, 5) is 15.4. The van der Waals surface area contributed by atoms with Crippen LogP contribution in [0, 0.1) is 0 Å². The lowest BCUT2D eigenvalue weighted by Crippen LogP contribution is -2.38. The van der Waals surface area contributed by atoms with Gasteiger partial charge in [-0.3, -0.25) is 4.98 Å². The molecule has 9 aromatic rings. The maximum Gasteiger partial charge on any atom is 0.207 e. The van der Waals surface area contributed by atoms with Crippen molar-refractivity contribution in [1.29, 1.82) is 0 Å². The van der Waals surface area contributed by atoms with Crippen molar-refractivity contribution in [2.24, 2.45) is 0 Å². The topological polar surface area (TPSA) is 72.8 Å². The molecule has 2 aliphatic carbocycles. The molecule has 0 saturated heterocycles. The van der Waals surface area contributed by atoms with Gasteiger partial charge in [-0.15, -0.1) is 0 Å². The van der Waals surface area contributed by atoms with E-state index in [1.165, 1.54) is 5.56 Å². The SMILES string of the molecule is CC1(C)c2ccccc2-c2cc3c(cc21)S(=O)(=O)c1ccccc1C31c2ccccc2-c2ccccc2-c2ccc(-c3cc(-c4cccnc4)nc(-c4ccccc4)n3)cc21. The van der Waals surface area contributed by atoms with E-state index >= 15 is 8.42 Å². The summed E-state index contributed by atoms with van der Waals surface area (Å²) in [7, 11) is -3.98. The highest BCUT2D eigenvalue weighted by atomic mass is 32.2. The van der Waals surface area contributed by atoms with Gasteiger partial charge in [-0.25, -0.2) is 18.4 Å². The highest BCUT2D eigenvalue weighted by Gasteiger charge is 2.53. The van der Waals surface area contributed by atoms with Gasteiger partial charge in [-0.1, -0.05) is 147 Å². The molecule has 0 radical (unpaired) electrons. The van der Waals surface area contributed by atoms with Gasteiger partial charge in [0.1, 0.15) is 0 Å². The van der Waals surface area contributed by atoms with E-state index in [1.54, 1.807) is 12.3 Å². The molecule has 61 heavy (non-hydrogen) atoms. The lowest BCUT2D eigenvalue weighted by Gasteiger charge is -2.43. The van der Waals surface area contributed by atoms with E-state index in [0.717, 1.165) is 89.3 Å². The van der Waals surface area contributed by atoms with Crippen LogP contribution in [0.3, 0.4) is 0 Å². The molecule has 0 bridgehead atoms. The molecule has 12 rings (SSSR count). The first-order valence-electron chi connectivity index (χ1n) is 20.6. The first-order valence-corrected chi connectivity index (χ1v) is 22.1. The Morgan fingerprint density at radius 1 is 0.410 bits per heavy atom. The molecule has 3 heterocycles. The molecule has 1 aliphatic heterocycles. The maximum absolute atomic E-state index is 15.3. The minimum atomic E-state index is -3.98. The molecule has 0 saturated carbocycles. The molecular formula is C55H37N3O2S. The quantitative estimate of drug-likeness (QED) is 0.178. The molecule has 3 aliphatic rings. The van der Waals surface area contributed by atoms with Crippen molar-refractivity contribution < 1.29 is 8.42 Å². The molecule has 0 amide bonds. The van der Waals surface area contributed by atoms with Crippen LogP contribution in [0.15, 0.2) is 198 Å². The number of hydrogen-bond donors (Lipinski definition) is 0. The second-order valence-corrected chi connectivity index (χ2v) is 18.6. The highest BCUT2D eigenvalue weighted by molar-refractivity contribution is 7.91. The first-order chi connectivity index (χ1) is 29.8. The number of nitrogens with zero attached hydrogens (tertiary/aromatic N) is 3. The molecule has 1 unspecified atom stereocenters. The monoisotopic (exact) mass is 803 g/mol. The maximum atomic E-state index is 15.3. The van der Waals surface area contributed by atoms with Gasteiger partial charge in [0, 0.05) is 34.5 Å². The van der Waals surface area contributed by atoms with Gasteiger partial charge in [0.25, 0.3) is 0 Å². The largest absolute Gasteiger partial charge is 0.264 e. The van der Waals surface area contributed by atoms with Crippen molar-refractivity contribution in [1.82, 2.24) is 15.0 Å². The van der Waals surface area contributed by atoms with Crippen LogP contribution in [-0.4, -0.2) is 23.4 Å². The van der Waals surface area contributed by atoms with Gasteiger partial charge in [0.2, 0.25) is 9.84 Å². The van der Waals surface area contributed by atoms with Crippen molar-refractivity contribution in [3.8, 4) is 67.3 Å². The molecule has 2 aromatic heterocycles. The van der Waals surface area contributed by atoms with Crippen molar-refractivity contribution in [2.45, 2.75) is 34.5 Å². The van der Waals surface area contributed by atoms with E-state index in [1.807, 2.05) is 79.0 Å². The normalized spacial score (nSPS) is 16.8. The summed E-state index contributed by atoms with van der Waals surface area (Å²) in [5, 5.41) is 0. The smallest absolute Gasteiger partial charge is 0.207 e. The number of aromatic nitrogens is 3. The number of fused-ring (bicyclic) bond motifs is 14. The summed E-state index contributed by atoms with van der Waals surface area (Å²) >= 11 is 0. The average Bonchev–Trinajstić information content (AvgIpc) is 3.47. The fraction of sp³-hybridized carbons (Fsp3) is 0.0727. The van der Waals surface area contributed by atoms with Crippen LogP contribution < -0.4 is 0 Å². The van der Waals surface area contributed by atoms with Gasteiger partial charge in [-0.2, -0.15) is 0 Å². The Morgan fingerprint density at radius 2 is 1.00 bits per heavy atom. The third-order valence-corrected chi connectivity index (χ3v) is 15.1. The Bertz CT molecular complexity index is 3360. The van der Waals surface area contributed by atoms with Gasteiger partial charge < -0.3 is 0 Å². The van der Waals surface area contributed by atoms with E-state index < -0.39 is 20.7 Å². The van der Waals surface area contributed by atoms with Crippen LogP contribution in [0.2, 0.25) is 0 Å². The molecular weight excluding hydrogens is 767 g/mol. The van der Waals surface area contributed by atoms with Crippen LogP contribution in [-0.2, 0) is 20.7 Å². The number of pyridine rings is 1. The summed E-state index contributed by atoms with van der Waals surface area (Å²) in [6, 6.07) is 60.2. The molecule has 1 atom stereocenters. The number of rotatable bonds is 3. The summed E-state index contributed by atoms with van der Waals surface area (Å²) < 4.78 is 30.7. The minimum Gasteiger partial charge on any atom is -0.264 e. The standard InChI is InChI=1S/C55H37N3O2S/c1-54(2)43-22-10-8-21-40(43)42-30-48-52(31-46(42)54)61(59,60)51-25-13-12-24-45(51)55(48)44-23-11-9-20-39(44)37-18-6-7-19-38(37)41-27-26-35(29-47(41)55)49-32-50(36-17-14-28-56-33-36)58-53(57-49)34-15-4-3-5-16-34/h3-33H,1-2H3. The van der Waals surface area contributed by atoms with Crippen molar-refractivity contribution >= 4 is 9.84 Å². The van der Waals surface area contributed by atoms with Crippen LogP contribution in [0.1, 0.15) is 47.2 Å². The highest BCUT2D eigenvalue weighted by Crippen LogP contribution is 2.62. The number of sulfone groups is 1. The summed E-state index contributed by atoms with van der Waals surface area (Å²) in [5.41, 5.74) is 14.9. The third-order valence-electron chi connectivity index (χ3n) is 13.2.